The largest absolute Gasteiger partial charge is 0.465 e. The molecule has 2 unspecified atom stereocenters. The Morgan fingerprint density at radius 1 is 1.33 bits per heavy atom. The number of nitrogens with zero attached hydrogens (tertiary/aromatic N) is 1. The molecule has 1 saturated heterocycles. The second kappa shape index (κ2) is 6.53. The zero-order valence-corrected chi connectivity index (χ0v) is 14.6. The standard InChI is InChI=1S/C18H32N2O/c1-7-16-9-8-13(2)20(16)12-17-10-15(14(3)21-17)11-19-18(4,5)6/h10,13,16,19H,7-9,11-12H2,1-6H3. The van der Waals surface area contributed by atoms with Crippen LogP contribution in [0.25, 0.3) is 0 Å². The molecule has 2 heterocycles. The normalized spacial score (nSPS) is 23.9. The molecule has 0 saturated carbocycles. The topological polar surface area (TPSA) is 28.4 Å². The molecule has 0 bridgehead atoms. The molecule has 21 heavy (non-hydrogen) atoms. The third-order valence-corrected chi connectivity index (χ3v) is 4.64. The molecule has 2 atom stereocenters. The van der Waals surface area contributed by atoms with E-state index in [0.29, 0.717) is 6.04 Å². The van der Waals surface area contributed by atoms with E-state index >= 15 is 0 Å². The first-order valence-electron chi connectivity index (χ1n) is 8.39. The summed E-state index contributed by atoms with van der Waals surface area (Å²) in [7, 11) is 0. The first-order valence-corrected chi connectivity index (χ1v) is 8.39. The lowest BCUT2D eigenvalue weighted by Crippen LogP contribution is -2.35. The van der Waals surface area contributed by atoms with Crippen molar-refractivity contribution in [3.05, 3.63) is 23.2 Å². The Kier molecular flexibility index (Phi) is 5.15. The summed E-state index contributed by atoms with van der Waals surface area (Å²) in [4.78, 5) is 2.61. The van der Waals surface area contributed by atoms with Crippen LogP contribution < -0.4 is 5.32 Å². The van der Waals surface area contributed by atoms with Gasteiger partial charge in [-0.05, 0) is 59.9 Å². The Bertz CT molecular complexity index is 458. The van der Waals surface area contributed by atoms with Crippen molar-refractivity contribution in [2.45, 2.75) is 91.5 Å². The Hall–Kier alpha value is -0.800. The van der Waals surface area contributed by atoms with Crippen LogP contribution >= 0.6 is 0 Å². The van der Waals surface area contributed by atoms with Gasteiger partial charge in [-0.2, -0.15) is 0 Å². The Morgan fingerprint density at radius 3 is 2.67 bits per heavy atom. The van der Waals surface area contributed by atoms with Crippen LogP contribution in [0, 0.1) is 6.92 Å². The van der Waals surface area contributed by atoms with E-state index in [-0.39, 0.29) is 5.54 Å². The van der Waals surface area contributed by atoms with Gasteiger partial charge >= 0.3 is 0 Å². The molecule has 0 spiro atoms. The van der Waals surface area contributed by atoms with Gasteiger partial charge < -0.3 is 9.73 Å². The predicted octanol–water partition coefficient (Wildman–Crippen LogP) is 4.24. The zero-order chi connectivity index (χ0) is 15.6. The van der Waals surface area contributed by atoms with Gasteiger partial charge in [0, 0.05) is 29.7 Å². The van der Waals surface area contributed by atoms with Crippen molar-refractivity contribution in [2.75, 3.05) is 0 Å². The third kappa shape index (κ3) is 4.33. The van der Waals surface area contributed by atoms with Crippen LogP contribution in [0.15, 0.2) is 10.5 Å². The number of aryl methyl sites for hydroxylation is 1. The monoisotopic (exact) mass is 292 g/mol. The van der Waals surface area contributed by atoms with E-state index in [4.69, 9.17) is 4.42 Å². The fourth-order valence-electron chi connectivity index (χ4n) is 3.23. The molecule has 1 fully saturated rings. The average Bonchev–Trinajstić information content (AvgIpc) is 2.91. The second-order valence-electron chi connectivity index (χ2n) is 7.56. The van der Waals surface area contributed by atoms with Gasteiger partial charge in [-0.3, -0.25) is 4.90 Å². The van der Waals surface area contributed by atoms with E-state index in [1.54, 1.807) is 0 Å². The lowest BCUT2D eigenvalue weighted by atomic mass is 10.1. The van der Waals surface area contributed by atoms with Crippen molar-refractivity contribution in [1.29, 1.82) is 0 Å². The molecular weight excluding hydrogens is 260 g/mol. The van der Waals surface area contributed by atoms with Gasteiger partial charge in [0.05, 0.1) is 6.54 Å². The van der Waals surface area contributed by atoms with Crippen LogP contribution in [-0.4, -0.2) is 22.5 Å². The SMILES string of the molecule is CCC1CCC(C)N1Cc1cc(CNC(C)(C)C)c(C)o1. The Morgan fingerprint density at radius 2 is 2.05 bits per heavy atom. The van der Waals surface area contributed by atoms with Crippen molar-refractivity contribution in [3.63, 3.8) is 0 Å². The molecule has 1 aliphatic heterocycles. The highest BCUT2D eigenvalue weighted by Gasteiger charge is 2.30. The molecule has 1 N–H and O–H groups in total. The number of rotatable bonds is 5. The van der Waals surface area contributed by atoms with Crippen LogP contribution in [0.5, 0.6) is 0 Å². The van der Waals surface area contributed by atoms with Gasteiger partial charge in [0.1, 0.15) is 11.5 Å². The van der Waals surface area contributed by atoms with Gasteiger partial charge in [-0.1, -0.05) is 6.92 Å². The molecule has 2 rings (SSSR count). The quantitative estimate of drug-likeness (QED) is 0.880. The minimum atomic E-state index is 0.140. The number of furan rings is 1. The summed E-state index contributed by atoms with van der Waals surface area (Å²) < 4.78 is 6.00. The van der Waals surface area contributed by atoms with E-state index in [2.05, 4.69) is 57.8 Å². The molecule has 0 amide bonds. The number of hydrogen-bond acceptors (Lipinski definition) is 3. The van der Waals surface area contributed by atoms with Crippen molar-refractivity contribution < 1.29 is 4.42 Å². The van der Waals surface area contributed by atoms with Gasteiger partial charge in [-0.15, -0.1) is 0 Å². The predicted molar refractivity (Wildman–Crippen MR) is 88.4 cm³/mol. The van der Waals surface area contributed by atoms with Crippen LogP contribution in [-0.2, 0) is 13.1 Å². The van der Waals surface area contributed by atoms with Crippen molar-refractivity contribution in [3.8, 4) is 0 Å². The van der Waals surface area contributed by atoms with Crippen molar-refractivity contribution >= 4 is 0 Å². The molecule has 1 aromatic heterocycles. The lowest BCUT2D eigenvalue weighted by molar-refractivity contribution is 0.174. The molecule has 3 heteroatoms. The van der Waals surface area contributed by atoms with Gasteiger partial charge in [0.25, 0.3) is 0 Å². The zero-order valence-electron chi connectivity index (χ0n) is 14.6. The minimum absolute atomic E-state index is 0.140. The van der Waals surface area contributed by atoms with Crippen LogP contribution in [0.2, 0.25) is 0 Å². The molecule has 1 aliphatic rings. The summed E-state index contributed by atoms with van der Waals surface area (Å²) in [6.45, 7) is 15.1. The molecule has 0 aliphatic carbocycles. The van der Waals surface area contributed by atoms with E-state index in [1.165, 1.54) is 24.8 Å². The highest BCUT2D eigenvalue weighted by atomic mass is 16.3. The fourth-order valence-corrected chi connectivity index (χ4v) is 3.23. The lowest BCUT2D eigenvalue weighted by Gasteiger charge is -2.26. The van der Waals surface area contributed by atoms with Crippen molar-refractivity contribution in [2.24, 2.45) is 0 Å². The summed E-state index contributed by atoms with van der Waals surface area (Å²) >= 11 is 0. The first-order chi connectivity index (χ1) is 9.80. The molecule has 0 aromatic carbocycles. The summed E-state index contributed by atoms with van der Waals surface area (Å²) in [6.07, 6.45) is 3.88. The van der Waals surface area contributed by atoms with Crippen LogP contribution in [0.4, 0.5) is 0 Å². The van der Waals surface area contributed by atoms with E-state index < -0.39 is 0 Å². The van der Waals surface area contributed by atoms with Crippen LogP contribution in [0.3, 0.4) is 0 Å². The second-order valence-corrected chi connectivity index (χ2v) is 7.56. The van der Waals surface area contributed by atoms with E-state index in [1.807, 2.05) is 0 Å². The van der Waals surface area contributed by atoms with Crippen molar-refractivity contribution in [1.82, 2.24) is 10.2 Å². The Labute approximate surface area is 130 Å². The molecule has 3 nitrogen and oxygen atoms in total. The smallest absolute Gasteiger partial charge is 0.118 e. The Balaban J connectivity index is 2.01. The third-order valence-electron chi connectivity index (χ3n) is 4.64. The molecule has 1 aromatic rings. The summed E-state index contributed by atoms with van der Waals surface area (Å²) in [5.41, 5.74) is 1.43. The highest BCUT2D eigenvalue weighted by Crippen LogP contribution is 2.29. The molecular formula is C18H32N2O. The number of likely N-dealkylation sites (tertiary alicyclic amines) is 1. The summed E-state index contributed by atoms with van der Waals surface area (Å²) in [5, 5.41) is 3.54. The maximum Gasteiger partial charge on any atom is 0.118 e. The van der Waals surface area contributed by atoms with Crippen LogP contribution in [0.1, 0.15) is 71.0 Å². The highest BCUT2D eigenvalue weighted by molar-refractivity contribution is 5.21. The van der Waals surface area contributed by atoms with Gasteiger partial charge in [-0.25, -0.2) is 0 Å². The van der Waals surface area contributed by atoms with Gasteiger partial charge in [0.15, 0.2) is 0 Å². The van der Waals surface area contributed by atoms with Gasteiger partial charge in [0.2, 0.25) is 0 Å². The fraction of sp³-hybridized carbons (Fsp3) is 0.778. The number of hydrogen-bond donors (Lipinski definition) is 1. The number of nitrogens with one attached hydrogen (secondary N) is 1. The maximum atomic E-state index is 6.00. The minimum Gasteiger partial charge on any atom is -0.465 e. The molecule has 120 valence electrons. The maximum absolute atomic E-state index is 6.00. The van der Waals surface area contributed by atoms with E-state index in [9.17, 15) is 0 Å². The van der Waals surface area contributed by atoms with E-state index in [0.717, 1.165) is 30.7 Å². The summed E-state index contributed by atoms with van der Waals surface area (Å²) in [5.74, 6) is 2.17. The average molecular weight is 292 g/mol. The summed E-state index contributed by atoms with van der Waals surface area (Å²) in [6, 6.07) is 3.64. The molecule has 0 radical (unpaired) electrons. The first kappa shape index (κ1) is 16.6.